The van der Waals surface area contributed by atoms with E-state index in [-0.39, 0.29) is 29.4 Å². The molecule has 4 heteroatoms. The normalized spacial score (nSPS) is 0.750. The van der Waals surface area contributed by atoms with Gasteiger partial charge in [0.25, 0.3) is 0 Å². The van der Waals surface area contributed by atoms with Crippen LogP contribution in [0.25, 0.3) is 0 Å². The molecule has 0 saturated heterocycles. The Labute approximate surface area is 60.0 Å². The zero-order valence-corrected chi connectivity index (χ0v) is 11.8. The predicted octanol–water partition coefficient (Wildman–Crippen LogP) is 0.0553. The molecule has 0 N–H and O–H groups in total. The third kappa shape index (κ3) is 8.91. The monoisotopic (exact) mass is 246 g/mol. The van der Waals surface area contributed by atoms with Crippen molar-refractivity contribution in [1.82, 2.24) is 0 Å². The molecule has 0 fully saturated rings. The summed E-state index contributed by atoms with van der Waals surface area (Å²) in [6.45, 7) is 0. The van der Waals surface area contributed by atoms with Gasteiger partial charge in [-0.15, -0.1) is 0 Å². The predicted molar refractivity (Wildman–Crippen MR) is 25.8 cm³/mol. The first-order chi connectivity index (χ1) is 1.00. The van der Waals surface area contributed by atoms with Gasteiger partial charge in [-0.25, -0.2) is 0 Å². The number of hydrogen-bond donors (Lipinski definition) is 0. The van der Waals surface area contributed by atoms with Crippen molar-refractivity contribution in [2.75, 3.05) is 0 Å². The van der Waals surface area contributed by atoms with Gasteiger partial charge in [-0.05, 0) is 0 Å². The van der Waals surface area contributed by atoms with Crippen LogP contribution in [0.4, 0.5) is 0 Å². The van der Waals surface area contributed by atoms with Gasteiger partial charge in [0.05, 0.1) is 0 Å². The fourth-order valence-electron chi connectivity index (χ4n) is 0. The van der Waals surface area contributed by atoms with Gasteiger partial charge >= 0.3 is 31.3 Å². The molecule has 0 aliphatic carbocycles. The van der Waals surface area contributed by atoms with Crippen molar-refractivity contribution in [2.24, 2.45) is 0 Å². The van der Waals surface area contributed by atoms with Crippen LogP contribution in [-0.2, 0) is 19.5 Å². The van der Waals surface area contributed by atoms with Gasteiger partial charge in [0.2, 0.25) is 0 Å². The second kappa shape index (κ2) is 19.2. The van der Waals surface area contributed by atoms with Gasteiger partial charge in [0, 0.05) is 19.5 Å². The Morgan fingerprint density at radius 2 is 1.25 bits per heavy atom. The van der Waals surface area contributed by atoms with Gasteiger partial charge in [0.15, 0.2) is 0 Å². The number of hydrogen-bond acceptors (Lipinski definition) is 1. The molecule has 0 spiro atoms. The molecule has 0 heterocycles. The molecule has 0 nitrogen and oxygen atoms in total. The van der Waals surface area contributed by atoms with E-state index in [9.17, 15) is 0 Å². The Morgan fingerprint density at radius 1 is 1.25 bits per heavy atom. The van der Waals surface area contributed by atoms with E-state index >= 15 is 0 Å². The summed E-state index contributed by atoms with van der Waals surface area (Å²) in [5, 5.41) is 0. The Balaban J connectivity index is -0.00000000500. The second-order valence-electron chi connectivity index (χ2n) is 0. The molecule has 0 saturated carbocycles. The summed E-state index contributed by atoms with van der Waals surface area (Å²) in [4.78, 5) is 0. The maximum atomic E-state index is 4.25. The standard InChI is InChI=1S/In.H3P.S.Zn.H/h;1H3;;;. The number of rotatable bonds is 0. The van der Waals surface area contributed by atoms with Crippen LogP contribution >= 0.6 is 18.8 Å². The quantitative estimate of drug-likeness (QED) is 0.431. The van der Waals surface area contributed by atoms with Gasteiger partial charge < -0.3 is 0 Å². The van der Waals surface area contributed by atoms with Crippen LogP contribution < -0.4 is 0 Å². The zero-order valence-electron chi connectivity index (χ0n) is 2.53. The molecule has 1 unspecified atom stereocenters. The molecule has 0 aromatic rings. The maximum Gasteiger partial charge on any atom is 0 e. The van der Waals surface area contributed by atoms with E-state index in [1.165, 1.54) is 0 Å². The van der Waals surface area contributed by atoms with Crippen LogP contribution in [0.2, 0.25) is 0 Å². The van der Waals surface area contributed by atoms with E-state index < -0.39 is 0 Å². The molecule has 0 rings (SSSR count). The average molecular weight is 247 g/mol. The van der Waals surface area contributed by atoms with Gasteiger partial charge in [-0.3, -0.25) is 0 Å². The molecule has 0 aliphatic rings. The topological polar surface area (TPSA) is 0 Å². The summed E-state index contributed by atoms with van der Waals surface area (Å²) in [5.41, 5.74) is 0. The van der Waals surface area contributed by atoms with Crippen molar-refractivity contribution in [1.29, 1.82) is 0 Å². The smallest absolute Gasteiger partial charge is 0 e. The average Bonchev–Trinajstić information content (AvgIpc) is 1.00. The molecular weight excluding hydrogens is 243 g/mol. The van der Waals surface area contributed by atoms with Crippen LogP contribution in [0, 0.1) is 0 Å². The van der Waals surface area contributed by atoms with Crippen molar-refractivity contribution in [3.8, 4) is 0 Å². The summed E-state index contributed by atoms with van der Waals surface area (Å²) >= 11 is 0.733. The molecule has 0 bridgehead atoms. The Hall–Kier alpha value is 2.14. The summed E-state index contributed by atoms with van der Waals surface area (Å²) in [7, 11) is 4.25. The summed E-state index contributed by atoms with van der Waals surface area (Å²) in [6.07, 6.45) is 0. The molecule has 4 heavy (non-hydrogen) atoms. The van der Waals surface area contributed by atoms with E-state index in [1.807, 2.05) is 0 Å². The first-order valence-electron chi connectivity index (χ1n) is 0.289. The SMILES string of the molecule is P.[S]=[InH].[Zn]. The van der Waals surface area contributed by atoms with E-state index in [2.05, 4.69) is 8.92 Å². The molecule has 0 amide bonds. The Bertz CT molecular complexity index is 8.00. The van der Waals surface area contributed by atoms with E-state index in [0.29, 0.717) is 0 Å². The minimum atomic E-state index is 0. The molecule has 1 atom stereocenters. The summed E-state index contributed by atoms with van der Waals surface area (Å²) < 4.78 is 0. The Morgan fingerprint density at radius 3 is 1.25 bits per heavy atom. The third-order valence-electron chi connectivity index (χ3n) is 0. The molecule has 0 aromatic heterocycles. The van der Waals surface area contributed by atoms with Crippen molar-refractivity contribution in [2.45, 2.75) is 0 Å². The molecule has 0 aliphatic heterocycles. The Kier molecular flexibility index (Phi) is 79.0. The summed E-state index contributed by atoms with van der Waals surface area (Å²) in [6, 6.07) is 0. The minimum absolute atomic E-state index is 0. The fraction of sp³-hybridized carbons (Fsp3) is 0. The van der Waals surface area contributed by atoms with E-state index in [1.54, 1.807) is 0 Å². The van der Waals surface area contributed by atoms with Crippen LogP contribution in [-0.4, -0.2) is 22.4 Å². The van der Waals surface area contributed by atoms with Gasteiger partial charge in [0.1, 0.15) is 0 Å². The summed E-state index contributed by atoms with van der Waals surface area (Å²) in [5.74, 6) is 0. The largest absolute Gasteiger partial charge is 0 e. The zero-order chi connectivity index (χ0) is 2.00. The van der Waals surface area contributed by atoms with Crippen LogP contribution in [0.15, 0.2) is 0 Å². The van der Waals surface area contributed by atoms with E-state index in [0.717, 1.165) is 22.4 Å². The third-order valence-corrected chi connectivity index (χ3v) is 0. The fourth-order valence-corrected chi connectivity index (χ4v) is 0. The van der Waals surface area contributed by atoms with Crippen LogP contribution in [0.5, 0.6) is 0 Å². The van der Waals surface area contributed by atoms with Crippen LogP contribution in [0.3, 0.4) is 0 Å². The van der Waals surface area contributed by atoms with Crippen molar-refractivity contribution >= 4 is 41.2 Å². The molecule has 0 aromatic carbocycles. The van der Waals surface area contributed by atoms with Gasteiger partial charge in [-0.1, -0.05) is 0 Å². The van der Waals surface area contributed by atoms with Crippen molar-refractivity contribution in [3.05, 3.63) is 0 Å². The minimum Gasteiger partial charge on any atom is 0 e. The maximum absolute atomic E-state index is 4.25. The van der Waals surface area contributed by atoms with Crippen molar-refractivity contribution < 1.29 is 19.5 Å². The second-order valence-corrected chi connectivity index (χ2v) is 0. The van der Waals surface area contributed by atoms with Crippen LogP contribution in [0.1, 0.15) is 0 Å². The molecule has 20 valence electrons. The molecular formula is H4InPSZn. The van der Waals surface area contributed by atoms with E-state index in [4.69, 9.17) is 0 Å². The first-order valence-corrected chi connectivity index (χ1v) is 5.81. The van der Waals surface area contributed by atoms with Crippen molar-refractivity contribution in [3.63, 3.8) is 0 Å². The first kappa shape index (κ1) is 16.4. The molecule has 0 radical (unpaired) electrons. The van der Waals surface area contributed by atoms with Gasteiger partial charge in [-0.2, -0.15) is 9.90 Å².